The van der Waals surface area contributed by atoms with Crippen LogP contribution in [0.25, 0.3) is 0 Å². The second-order valence-electron chi connectivity index (χ2n) is 13.9. The normalized spacial score (nSPS) is 22.6. The van der Waals surface area contributed by atoms with E-state index < -0.39 is 59.9 Å². The molecule has 6 N–H and O–H groups in total. The van der Waals surface area contributed by atoms with Crippen molar-refractivity contribution in [2.24, 2.45) is 0 Å². The first-order valence-corrected chi connectivity index (χ1v) is 20.9. The van der Waals surface area contributed by atoms with Crippen LogP contribution in [0.4, 0.5) is 0 Å². The van der Waals surface area contributed by atoms with Crippen LogP contribution in [0.1, 0.15) is 162 Å². The molecule has 7 unspecified atom stereocenters. The Morgan fingerprint density at radius 2 is 1.28 bits per heavy atom. The number of carbonyl (C=O) groups excluding carboxylic acids is 1. The van der Waals surface area contributed by atoms with E-state index in [1.165, 1.54) is 64.2 Å². The number of aliphatic hydroxyl groups is 4. The van der Waals surface area contributed by atoms with Gasteiger partial charge in [-0.15, -0.1) is 0 Å². The van der Waals surface area contributed by atoms with Crippen LogP contribution in [0.5, 0.6) is 0 Å². The Morgan fingerprint density at radius 1 is 0.780 bits per heavy atom. The monoisotopic (exact) mass is 737 g/mol. The Balaban J connectivity index is 2.61. The van der Waals surface area contributed by atoms with Gasteiger partial charge in [0.1, 0.15) is 24.4 Å². The quantitative estimate of drug-likeness (QED) is 0.0268. The molecule has 0 radical (unpaired) electrons. The lowest BCUT2D eigenvalue weighted by atomic mass is 9.99. The Bertz CT molecular complexity index is 967. The lowest BCUT2D eigenvalue weighted by Gasteiger charge is -2.41. The van der Waals surface area contributed by atoms with Crippen molar-refractivity contribution >= 4 is 16.3 Å². The van der Waals surface area contributed by atoms with Crippen molar-refractivity contribution in [2.75, 3.05) is 13.2 Å². The van der Waals surface area contributed by atoms with Crippen molar-refractivity contribution in [2.45, 2.75) is 204 Å². The summed E-state index contributed by atoms with van der Waals surface area (Å²) in [6.45, 7) is 3.37. The number of nitrogens with one attached hydrogen (secondary N) is 1. The van der Waals surface area contributed by atoms with E-state index in [1.54, 1.807) is 0 Å². The summed E-state index contributed by atoms with van der Waals surface area (Å²) in [5.41, 5.74) is 0. The number of hydrogen-bond acceptors (Lipinski definition) is 10. The van der Waals surface area contributed by atoms with Crippen LogP contribution in [-0.2, 0) is 28.9 Å². The standard InChI is InChI=1S/C37H71NO11S/c1-3-5-7-9-11-13-15-17-19-21-23-25-27-33(41)38-30(31(40)26-24-22-20-18-16-14-12-10-8-6-4-2)29-47-37-35(43)36(49-50(44,45)46)34(42)32(28-39)48-37/h11,13,30-32,34-37,39-40,42-43H,3-10,12,14-29H2,1-2H3,(H,38,41)(H,44,45,46)/b13-11-. The fourth-order valence-corrected chi connectivity index (χ4v) is 6.72. The van der Waals surface area contributed by atoms with Gasteiger partial charge in [0.15, 0.2) is 6.29 Å². The third-order valence-electron chi connectivity index (χ3n) is 9.32. The molecular weight excluding hydrogens is 666 g/mol. The molecule has 1 fully saturated rings. The van der Waals surface area contributed by atoms with Gasteiger partial charge >= 0.3 is 10.4 Å². The molecule has 12 nitrogen and oxygen atoms in total. The number of ether oxygens (including phenoxy) is 2. The second-order valence-corrected chi connectivity index (χ2v) is 14.9. The van der Waals surface area contributed by atoms with Gasteiger partial charge in [0.25, 0.3) is 0 Å². The van der Waals surface area contributed by atoms with Gasteiger partial charge in [0, 0.05) is 6.42 Å². The molecule has 0 aromatic rings. The van der Waals surface area contributed by atoms with Gasteiger partial charge in [-0.3, -0.25) is 9.35 Å². The third-order valence-corrected chi connectivity index (χ3v) is 9.79. The highest BCUT2D eigenvalue weighted by molar-refractivity contribution is 7.80. The molecule has 1 aliphatic rings. The summed E-state index contributed by atoms with van der Waals surface area (Å²) in [5, 5.41) is 44.5. The second kappa shape index (κ2) is 29.3. The van der Waals surface area contributed by atoms with E-state index in [9.17, 15) is 33.6 Å². The molecule has 0 aliphatic carbocycles. The molecule has 1 aliphatic heterocycles. The van der Waals surface area contributed by atoms with Crippen molar-refractivity contribution < 1.29 is 51.8 Å². The maximum atomic E-state index is 12.9. The van der Waals surface area contributed by atoms with Crippen molar-refractivity contribution in [3.63, 3.8) is 0 Å². The fourth-order valence-electron chi connectivity index (χ4n) is 6.22. The van der Waals surface area contributed by atoms with Crippen molar-refractivity contribution in [3.05, 3.63) is 12.2 Å². The van der Waals surface area contributed by atoms with Gasteiger partial charge in [-0.25, -0.2) is 4.18 Å². The van der Waals surface area contributed by atoms with Crippen LogP contribution in [0, 0.1) is 0 Å². The highest BCUT2D eigenvalue weighted by Crippen LogP contribution is 2.26. The Labute approximate surface area is 302 Å². The molecule has 296 valence electrons. The number of aliphatic hydroxyl groups excluding tert-OH is 4. The summed E-state index contributed by atoms with van der Waals surface area (Å²) in [6, 6.07) is -0.856. The smallest absolute Gasteiger partial charge is 0.394 e. The lowest BCUT2D eigenvalue weighted by Crippen LogP contribution is -2.61. The van der Waals surface area contributed by atoms with Crippen LogP contribution in [0.2, 0.25) is 0 Å². The summed E-state index contributed by atoms with van der Waals surface area (Å²) >= 11 is 0. The first-order chi connectivity index (χ1) is 24.0. The van der Waals surface area contributed by atoms with E-state index in [1.807, 2.05) is 0 Å². The predicted molar refractivity (Wildman–Crippen MR) is 195 cm³/mol. The zero-order valence-electron chi connectivity index (χ0n) is 31.0. The van der Waals surface area contributed by atoms with Gasteiger partial charge in [-0.05, 0) is 38.5 Å². The molecule has 13 heteroatoms. The summed E-state index contributed by atoms with van der Waals surface area (Å²) < 4.78 is 47.4. The van der Waals surface area contributed by atoms with Crippen molar-refractivity contribution in [1.82, 2.24) is 5.32 Å². The summed E-state index contributed by atoms with van der Waals surface area (Å²) in [5.74, 6) is -0.243. The highest BCUT2D eigenvalue weighted by Gasteiger charge is 2.48. The number of allylic oxidation sites excluding steroid dienone is 2. The molecule has 0 aromatic carbocycles. The van der Waals surface area contributed by atoms with E-state index >= 15 is 0 Å². The molecule has 0 bridgehead atoms. The molecular formula is C37H71NO11S. The maximum Gasteiger partial charge on any atom is 0.397 e. The maximum absolute atomic E-state index is 12.9. The fraction of sp³-hybridized carbons (Fsp3) is 0.919. The average Bonchev–Trinajstić information content (AvgIpc) is 3.08. The SMILES string of the molecule is CCCCC/C=C\CCCCCCCC(=O)NC(COC1OC(CO)C(O)C(OS(=O)(=O)O)C1O)C(O)CCCCCCCCCCCCC. The molecule has 0 aromatic heterocycles. The Morgan fingerprint density at radius 3 is 1.84 bits per heavy atom. The minimum atomic E-state index is -5.07. The zero-order chi connectivity index (χ0) is 37.0. The van der Waals surface area contributed by atoms with Crippen LogP contribution in [0.15, 0.2) is 12.2 Å². The minimum Gasteiger partial charge on any atom is -0.394 e. The van der Waals surface area contributed by atoms with E-state index in [-0.39, 0.29) is 18.9 Å². The molecule has 1 heterocycles. The van der Waals surface area contributed by atoms with Gasteiger partial charge < -0.3 is 35.2 Å². The van der Waals surface area contributed by atoms with E-state index in [0.29, 0.717) is 12.8 Å². The zero-order valence-corrected chi connectivity index (χ0v) is 31.8. The number of amides is 1. The van der Waals surface area contributed by atoms with Crippen molar-refractivity contribution in [1.29, 1.82) is 0 Å². The van der Waals surface area contributed by atoms with Crippen LogP contribution in [0.3, 0.4) is 0 Å². The summed E-state index contributed by atoms with van der Waals surface area (Å²) in [6.07, 6.45) is 19.4. The van der Waals surface area contributed by atoms with Crippen LogP contribution < -0.4 is 5.32 Å². The number of carbonyl (C=O) groups is 1. The Kier molecular flexibility index (Phi) is 27.5. The lowest BCUT2D eigenvalue weighted by molar-refractivity contribution is -0.298. The van der Waals surface area contributed by atoms with E-state index in [0.717, 1.165) is 64.2 Å². The predicted octanol–water partition coefficient (Wildman–Crippen LogP) is 6.04. The first kappa shape index (κ1) is 46.9. The van der Waals surface area contributed by atoms with Crippen molar-refractivity contribution in [3.8, 4) is 0 Å². The highest BCUT2D eigenvalue weighted by atomic mass is 32.3. The summed E-state index contributed by atoms with van der Waals surface area (Å²) in [4.78, 5) is 12.9. The topological polar surface area (TPSA) is 192 Å². The van der Waals surface area contributed by atoms with Gasteiger partial charge in [-0.1, -0.05) is 129 Å². The molecule has 0 saturated carbocycles. The molecule has 50 heavy (non-hydrogen) atoms. The molecule has 0 spiro atoms. The third kappa shape index (κ3) is 22.7. The first-order valence-electron chi connectivity index (χ1n) is 19.6. The number of rotatable bonds is 32. The molecule has 1 saturated heterocycles. The van der Waals surface area contributed by atoms with E-state index in [4.69, 9.17) is 14.0 Å². The molecule has 1 amide bonds. The Hall–Kier alpha value is -1.16. The number of unbranched alkanes of at least 4 members (excludes halogenated alkanes) is 18. The summed E-state index contributed by atoms with van der Waals surface area (Å²) in [7, 11) is -5.07. The van der Waals surface area contributed by atoms with Gasteiger partial charge in [-0.2, -0.15) is 8.42 Å². The van der Waals surface area contributed by atoms with Crippen LogP contribution >= 0.6 is 0 Å². The van der Waals surface area contributed by atoms with Gasteiger partial charge in [0.2, 0.25) is 5.91 Å². The molecule has 7 atom stereocenters. The van der Waals surface area contributed by atoms with E-state index in [2.05, 4.69) is 35.5 Å². The molecule has 1 rings (SSSR count). The number of hydrogen-bond donors (Lipinski definition) is 6. The minimum absolute atomic E-state index is 0.243. The average molecular weight is 738 g/mol. The van der Waals surface area contributed by atoms with Gasteiger partial charge in [0.05, 0.1) is 25.4 Å². The largest absolute Gasteiger partial charge is 0.397 e. The van der Waals surface area contributed by atoms with Crippen LogP contribution in [-0.4, -0.2) is 95.4 Å².